The van der Waals surface area contributed by atoms with Crippen molar-refractivity contribution < 1.29 is 0 Å². The molecule has 0 radical (unpaired) electrons. The van der Waals surface area contributed by atoms with Crippen molar-refractivity contribution in [3.05, 3.63) is 93.5 Å². The molecule has 0 saturated heterocycles. The summed E-state index contributed by atoms with van der Waals surface area (Å²) in [5.74, 6) is 0. The van der Waals surface area contributed by atoms with Gasteiger partial charge in [-0.2, -0.15) is 5.26 Å². The molecule has 0 bridgehead atoms. The van der Waals surface area contributed by atoms with Crippen LogP contribution in [-0.2, 0) is 0 Å². The van der Waals surface area contributed by atoms with E-state index in [9.17, 15) is 5.26 Å². The van der Waals surface area contributed by atoms with Gasteiger partial charge in [-0.15, -0.1) is 0 Å². The molecule has 3 aromatic heterocycles. The Morgan fingerprint density at radius 1 is 0.828 bits per heavy atom. The molecule has 5 aromatic rings. The van der Waals surface area contributed by atoms with E-state index in [0.29, 0.717) is 5.56 Å². The van der Waals surface area contributed by atoms with Gasteiger partial charge >= 0.3 is 0 Å². The van der Waals surface area contributed by atoms with E-state index in [1.54, 1.807) is 0 Å². The van der Waals surface area contributed by atoms with E-state index >= 15 is 0 Å². The lowest BCUT2D eigenvalue weighted by Gasteiger charge is -2.10. The molecule has 29 heavy (non-hydrogen) atoms. The maximum Gasteiger partial charge on any atom is 0.108 e. The van der Waals surface area contributed by atoms with Crippen molar-refractivity contribution >= 4 is 48.4 Å². The maximum atomic E-state index is 9.90. The highest BCUT2D eigenvalue weighted by Crippen LogP contribution is 2.36. The second kappa shape index (κ2) is 7.14. The van der Waals surface area contributed by atoms with Crippen LogP contribution in [0.3, 0.4) is 0 Å². The summed E-state index contributed by atoms with van der Waals surface area (Å²) in [5, 5.41) is 9.90. The van der Waals surface area contributed by atoms with Gasteiger partial charge in [0.05, 0.1) is 16.7 Å². The van der Waals surface area contributed by atoms with Gasteiger partial charge in [0.1, 0.15) is 17.1 Å². The number of nitrogens with zero attached hydrogens (tertiary/aromatic N) is 3. The van der Waals surface area contributed by atoms with Crippen LogP contribution < -0.4 is 0 Å². The van der Waals surface area contributed by atoms with Crippen LogP contribution in [0.4, 0.5) is 0 Å². The van der Waals surface area contributed by atoms with Crippen LogP contribution in [0.25, 0.3) is 38.9 Å². The number of benzene rings is 2. The average molecular weight is 503 g/mol. The minimum Gasteiger partial charge on any atom is -0.313 e. The number of nitriles is 1. The molecule has 3 heterocycles. The van der Waals surface area contributed by atoms with Crippen LogP contribution in [0.15, 0.2) is 87.9 Å². The molecule has 0 spiro atoms. The Kier molecular flexibility index (Phi) is 4.46. The van der Waals surface area contributed by atoms with Crippen molar-refractivity contribution in [3.63, 3.8) is 0 Å². The molecule has 0 atom stereocenters. The Labute approximate surface area is 184 Å². The molecule has 5 rings (SSSR count). The van der Waals surface area contributed by atoms with Crippen LogP contribution >= 0.6 is 31.9 Å². The minimum atomic E-state index is 0.595. The molecule has 0 amide bonds. The number of aromatic nitrogens is 2. The summed E-state index contributed by atoms with van der Waals surface area (Å²) in [5.41, 5.74) is 7.09. The Morgan fingerprint density at radius 3 is 2.14 bits per heavy atom. The normalized spacial score (nSPS) is 11.1. The van der Waals surface area contributed by atoms with Gasteiger partial charge in [0.25, 0.3) is 0 Å². The molecule has 138 valence electrons. The van der Waals surface area contributed by atoms with E-state index in [1.807, 2.05) is 60.8 Å². The molecule has 0 aliphatic heterocycles. The van der Waals surface area contributed by atoms with E-state index in [2.05, 4.69) is 60.5 Å². The van der Waals surface area contributed by atoms with Crippen molar-refractivity contribution in [2.45, 2.75) is 0 Å². The lowest BCUT2D eigenvalue weighted by Crippen LogP contribution is -1.91. The van der Waals surface area contributed by atoms with Gasteiger partial charge in [-0.25, -0.2) is 4.98 Å². The molecular formula is C24H13Br2N3. The molecule has 0 unspecified atom stereocenters. The number of rotatable bonds is 2. The van der Waals surface area contributed by atoms with Gasteiger partial charge in [-0.1, -0.05) is 62.2 Å². The summed E-state index contributed by atoms with van der Waals surface area (Å²) in [7, 11) is 0. The van der Waals surface area contributed by atoms with E-state index < -0.39 is 0 Å². The Morgan fingerprint density at radius 2 is 1.48 bits per heavy atom. The fourth-order valence-corrected chi connectivity index (χ4v) is 4.18. The van der Waals surface area contributed by atoms with Crippen LogP contribution in [0.2, 0.25) is 0 Å². The highest BCUT2D eigenvalue weighted by atomic mass is 79.9. The van der Waals surface area contributed by atoms with Gasteiger partial charge < -0.3 is 4.40 Å². The topological polar surface area (TPSA) is 41.1 Å². The second-order valence-corrected chi connectivity index (χ2v) is 8.54. The molecule has 2 aromatic carbocycles. The lowest BCUT2D eigenvalue weighted by molar-refractivity contribution is 1.25. The van der Waals surface area contributed by atoms with E-state index in [4.69, 9.17) is 4.98 Å². The van der Waals surface area contributed by atoms with Crippen molar-refractivity contribution in [2.24, 2.45) is 0 Å². The quantitative estimate of drug-likeness (QED) is 0.255. The molecular weight excluding hydrogens is 490 g/mol. The highest BCUT2D eigenvalue weighted by Gasteiger charge is 2.19. The Hall–Kier alpha value is -2.94. The zero-order chi connectivity index (χ0) is 20.0. The average Bonchev–Trinajstić information content (AvgIpc) is 3.08. The van der Waals surface area contributed by atoms with Crippen LogP contribution in [0.5, 0.6) is 0 Å². The second-order valence-electron chi connectivity index (χ2n) is 6.71. The monoisotopic (exact) mass is 501 g/mol. The lowest BCUT2D eigenvalue weighted by atomic mass is 10.0. The van der Waals surface area contributed by atoms with Crippen LogP contribution in [0, 0.1) is 11.3 Å². The van der Waals surface area contributed by atoms with Crippen molar-refractivity contribution in [1.82, 2.24) is 9.38 Å². The summed E-state index contributed by atoms with van der Waals surface area (Å²) < 4.78 is 4.10. The van der Waals surface area contributed by atoms with E-state index in [-0.39, 0.29) is 0 Å². The third kappa shape index (κ3) is 3.05. The van der Waals surface area contributed by atoms with Gasteiger partial charge in [0, 0.05) is 26.3 Å². The van der Waals surface area contributed by atoms with Gasteiger partial charge in [-0.3, -0.25) is 0 Å². The standard InChI is InChI=1S/C24H13Br2N3/c25-17-8-4-15(5-9-17)19-13-21(16-6-10-18(26)11-7-16)28-23-20(14-27)22-3-1-2-12-29(22)24(19)23/h1-13H. The summed E-state index contributed by atoms with van der Waals surface area (Å²) in [6, 6.07) is 26.7. The van der Waals surface area contributed by atoms with Crippen molar-refractivity contribution in [3.8, 4) is 28.5 Å². The first-order chi connectivity index (χ1) is 14.2. The summed E-state index contributed by atoms with van der Waals surface area (Å²) in [6.07, 6.45) is 1.99. The molecule has 0 aliphatic carbocycles. The van der Waals surface area contributed by atoms with Crippen molar-refractivity contribution in [1.29, 1.82) is 5.26 Å². The summed E-state index contributed by atoms with van der Waals surface area (Å²) in [4.78, 5) is 4.92. The number of hydrogen-bond acceptors (Lipinski definition) is 2. The molecule has 5 heteroatoms. The van der Waals surface area contributed by atoms with Crippen molar-refractivity contribution in [2.75, 3.05) is 0 Å². The van der Waals surface area contributed by atoms with Gasteiger partial charge in [0.15, 0.2) is 0 Å². The van der Waals surface area contributed by atoms with Crippen LogP contribution in [-0.4, -0.2) is 9.38 Å². The molecule has 0 saturated carbocycles. The smallest absolute Gasteiger partial charge is 0.108 e. The first-order valence-corrected chi connectivity index (χ1v) is 10.6. The predicted molar refractivity (Wildman–Crippen MR) is 124 cm³/mol. The molecule has 3 nitrogen and oxygen atoms in total. The zero-order valence-electron chi connectivity index (χ0n) is 15.1. The Balaban J connectivity index is 1.93. The third-order valence-electron chi connectivity index (χ3n) is 4.99. The first kappa shape index (κ1) is 18.1. The number of fused-ring (bicyclic) bond motifs is 3. The number of pyridine rings is 2. The fourth-order valence-electron chi connectivity index (χ4n) is 3.65. The molecule has 0 aliphatic rings. The zero-order valence-corrected chi connectivity index (χ0v) is 18.3. The predicted octanol–water partition coefficient (Wildman–Crippen LogP) is 7.22. The highest BCUT2D eigenvalue weighted by molar-refractivity contribution is 9.10. The summed E-state index contributed by atoms with van der Waals surface area (Å²) >= 11 is 7.01. The third-order valence-corrected chi connectivity index (χ3v) is 6.05. The number of halogens is 2. The van der Waals surface area contributed by atoms with Gasteiger partial charge in [0.2, 0.25) is 0 Å². The summed E-state index contributed by atoms with van der Waals surface area (Å²) in [6.45, 7) is 0. The SMILES string of the molecule is N#Cc1c2nc(-c3ccc(Br)cc3)cc(-c3ccc(Br)cc3)c2n2ccccc12. The fraction of sp³-hybridized carbons (Fsp3) is 0. The van der Waals surface area contributed by atoms with E-state index in [1.165, 1.54) is 0 Å². The number of hydrogen-bond donors (Lipinski definition) is 0. The van der Waals surface area contributed by atoms with Gasteiger partial charge in [-0.05, 0) is 48.0 Å². The maximum absolute atomic E-state index is 9.90. The minimum absolute atomic E-state index is 0.595. The largest absolute Gasteiger partial charge is 0.313 e. The first-order valence-electron chi connectivity index (χ1n) is 9.01. The Bertz CT molecular complexity index is 1410. The van der Waals surface area contributed by atoms with Crippen LogP contribution in [0.1, 0.15) is 5.56 Å². The molecule has 0 fully saturated rings. The van der Waals surface area contributed by atoms with E-state index in [0.717, 1.165) is 47.9 Å². The molecule has 0 N–H and O–H groups in total.